The number of piperidine rings is 1. The Hall–Kier alpha value is -2.24. The number of hydrogen-bond donors (Lipinski definition) is 2. The van der Waals surface area contributed by atoms with Gasteiger partial charge in [-0.15, -0.1) is 0 Å². The molecule has 2 fully saturated rings. The summed E-state index contributed by atoms with van der Waals surface area (Å²) >= 11 is 0. The maximum absolute atomic E-state index is 12.5. The summed E-state index contributed by atoms with van der Waals surface area (Å²) in [5.74, 6) is 0.594. The van der Waals surface area contributed by atoms with Gasteiger partial charge in [-0.05, 0) is 50.3 Å². The summed E-state index contributed by atoms with van der Waals surface area (Å²) in [6, 6.07) is 6.10. The zero-order valence-corrected chi connectivity index (χ0v) is 14.3. The van der Waals surface area contributed by atoms with Gasteiger partial charge in [0.2, 0.25) is 5.91 Å². The average molecular weight is 331 g/mol. The van der Waals surface area contributed by atoms with Crippen molar-refractivity contribution < 1.29 is 14.3 Å². The largest absolute Gasteiger partial charge is 0.495 e. The van der Waals surface area contributed by atoms with Gasteiger partial charge in [0.25, 0.3) is 0 Å². The van der Waals surface area contributed by atoms with E-state index in [9.17, 15) is 9.59 Å². The third kappa shape index (κ3) is 3.99. The van der Waals surface area contributed by atoms with E-state index in [1.165, 1.54) is 0 Å². The number of hydrogen-bond acceptors (Lipinski definition) is 3. The van der Waals surface area contributed by atoms with Gasteiger partial charge >= 0.3 is 6.03 Å². The lowest BCUT2D eigenvalue weighted by atomic mass is 9.96. The predicted octanol–water partition coefficient (Wildman–Crippen LogP) is 2.53. The first-order valence-electron chi connectivity index (χ1n) is 8.58. The van der Waals surface area contributed by atoms with Gasteiger partial charge in [0.15, 0.2) is 0 Å². The number of methoxy groups -OCH3 is 1. The summed E-state index contributed by atoms with van der Waals surface area (Å²) in [4.78, 5) is 26.4. The molecule has 2 N–H and O–H groups in total. The van der Waals surface area contributed by atoms with Crippen molar-refractivity contribution >= 4 is 17.6 Å². The molecule has 1 saturated carbocycles. The highest BCUT2D eigenvalue weighted by atomic mass is 16.5. The molecule has 0 atom stereocenters. The monoisotopic (exact) mass is 331 g/mol. The van der Waals surface area contributed by atoms with Crippen molar-refractivity contribution in [2.45, 2.75) is 38.6 Å². The number of rotatable bonds is 4. The molecule has 1 aliphatic heterocycles. The van der Waals surface area contributed by atoms with Gasteiger partial charge < -0.3 is 20.3 Å². The SMILES string of the molecule is COc1ccc(C)cc1NC(=O)C1CCN(C(=O)NC2CC2)CC1. The second-order valence-electron chi connectivity index (χ2n) is 6.68. The minimum atomic E-state index is -0.0693. The number of carbonyl (C=O) groups is 2. The van der Waals surface area contributed by atoms with Crippen LogP contribution in [0.15, 0.2) is 18.2 Å². The number of nitrogens with zero attached hydrogens (tertiary/aromatic N) is 1. The number of aryl methyl sites for hydroxylation is 1. The van der Waals surface area contributed by atoms with Crippen LogP contribution in [0.4, 0.5) is 10.5 Å². The molecule has 1 heterocycles. The standard InChI is InChI=1S/C18H25N3O3/c1-12-3-6-16(24-2)15(11-12)20-17(22)13-7-9-21(10-8-13)18(23)19-14-4-5-14/h3,6,11,13-14H,4-5,7-10H2,1-2H3,(H,19,23)(H,20,22). The van der Waals surface area contributed by atoms with Crippen LogP contribution in [-0.4, -0.2) is 43.1 Å². The van der Waals surface area contributed by atoms with E-state index in [2.05, 4.69) is 10.6 Å². The zero-order valence-electron chi connectivity index (χ0n) is 14.3. The molecule has 2 aliphatic rings. The summed E-state index contributed by atoms with van der Waals surface area (Å²) < 4.78 is 5.30. The quantitative estimate of drug-likeness (QED) is 0.890. The van der Waals surface area contributed by atoms with Crippen molar-refractivity contribution in [3.05, 3.63) is 23.8 Å². The molecule has 24 heavy (non-hydrogen) atoms. The maximum Gasteiger partial charge on any atom is 0.317 e. The summed E-state index contributed by atoms with van der Waals surface area (Å²) in [6.07, 6.45) is 3.56. The Morgan fingerprint density at radius 3 is 2.50 bits per heavy atom. The van der Waals surface area contributed by atoms with E-state index in [0.717, 1.165) is 18.4 Å². The molecule has 0 aromatic heterocycles. The topological polar surface area (TPSA) is 70.7 Å². The van der Waals surface area contributed by atoms with Gasteiger partial charge in [-0.3, -0.25) is 4.79 Å². The summed E-state index contributed by atoms with van der Waals surface area (Å²) in [5.41, 5.74) is 1.77. The Kier molecular flexibility index (Phi) is 4.92. The van der Waals surface area contributed by atoms with Crippen LogP contribution >= 0.6 is 0 Å². The Morgan fingerprint density at radius 1 is 1.17 bits per heavy atom. The Bertz CT molecular complexity index is 620. The summed E-state index contributed by atoms with van der Waals surface area (Å²) in [5, 5.41) is 5.97. The summed E-state index contributed by atoms with van der Waals surface area (Å²) in [6.45, 7) is 3.23. The van der Waals surface area contributed by atoms with Gasteiger partial charge in [0, 0.05) is 25.0 Å². The fraction of sp³-hybridized carbons (Fsp3) is 0.556. The molecule has 6 heteroatoms. The van der Waals surface area contributed by atoms with Crippen LogP contribution in [0.3, 0.4) is 0 Å². The normalized spacial score (nSPS) is 18.2. The van der Waals surface area contributed by atoms with Gasteiger partial charge in [-0.25, -0.2) is 4.79 Å². The number of likely N-dealkylation sites (tertiary alicyclic amines) is 1. The number of ether oxygens (including phenoxy) is 1. The maximum atomic E-state index is 12.5. The first kappa shape index (κ1) is 16.6. The second kappa shape index (κ2) is 7.11. The molecule has 6 nitrogen and oxygen atoms in total. The Labute approximate surface area is 142 Å². The van der Waals surface area contributed by atoms with Crippen molar-refractivity contribution in [2.75, 3.05) is 25.5 Å². The third-order valence-electron chi connectivity index (χ3n) is 4.67. The van der Waals surface area contributed by atoms with Gasteiger partial charge in [-0.1, -0.05) is 6.07 Å². The van der Waals surface area contributed by atoms with Crippen molar-refractivity contribution in [3.63, 3.8) is 0 Å². The Balaban J connectivity index is 1.53. The molecule has 0 spiro atoms. The van der Waals surface area contributed by atoms with Crippen molar-refractivity contribution in [2.24, 2.45) is 5.92 Å². The van der Waals surface area contributed by atoms with E-state index in [4.69, 9.17) is 4.74 Å². The van der Waals surface area contributed by atoms with Gasteiger partial charge in [0.05, 0.1) is 12.8 Å². The van der Waals surface area contributed by atoms with E-state index in [-0.39, 0.29) is 17.9 Å². The minimum absolute atomic E-state index is 0.00107. The lowest BCUT2D eigenvalue weighted by Gasteiger charge is -2.31. The molecule has 0 bridgehead atoms. The highest BCUT2D eigenvalue weighted by molar-refractivity contribution is 5.94. The fourth-order valence-corrected chi connectivity index (χ4v) is 2.99. The molecular weight excluding hydrogens is 306 g/mol. The Morgan fingerprint density at radius 2 is 1.88 bits per heavy atom. The molecule has 130 valence electrons. The van der Waals surface area contributed by atoms with Crippen LogP contribution in [0, 0.1) is 12.8 Å². The smallest absolute Gasteiger partial charge is 0.317 e. The first-order chi connectivity index (χ1) is 11.6. The minimum Gasteiger partial charge on any atom is -0.495 e. The highest BCUT2D eigenvalue weighted by Gasteiger charge is 2.30. The molecule has 1 aromatic rings. The molecule has 1 aliphatic carbocycles. The molecule has 1 aromatic carbocycles. The molecule has 3 amide bonds. The molecular formula is C18H25N3O3. The van der Waals surface area contributed by atoms with E-state index < -0.39 is 0 Å². The van der Waals surface area contributed by atoms with Crippen molar-refractivity contribution in [1.82, 2.24) is 10.2 Å². The van der Waals surface area contributed by atoms with E-state index >= 15 is 0 Å². The molecule has 0 unspecified atom stereocenters. The molecule has 0 radical (unpaired) electrons. The zero-order chi connectivity index (χ0) is 17.1. The predicted molar refractivity (Wildman–Crippen MR) is 92.2 cm³/mol. The fourth-order valence-electron chi connectivity index (χ4n) is 2.99. The number of benzene rings is 1. The first-order valence-corrected chi connectivity index (χ1v) is 8.58. The molecule has 1 saturated heterocycles. The van der Waals surface area contributed by atoms with E-state index in [1.54, 1.807) is 7.11 Å². The van der Waals surface area contributed by atoms with Crippen molar-refractivity contribution in [1.29, 1.82) is 0 Å². The number of amides is 3. The lowest BCUT2D eigenvalue weighted by Crippen LogP contribution is -2.46. The number of nitrogens with one attached hydrogen (secondary N) is 2. The van der Waals surface area contributed by atoms with Gasteiger partial charge in [-0.2, -0.15) is 0 Å². The number of anilines is 1. The second-order valence-corrected chi connectivity index (χ2v) is 6.68. The van der Waals surface area contributed by atoms with Crippen LogP contribution in [-0.2, 0) is 4.79 Å². The number of urea groups is 1. The lowest BCUT2D eigenvalue weighted by molar-refractivity contribution is -0.121. The van der Waals surface area contributed by atoms with Crippen LogP contribution < -0.4 is 15.4 Å². The van der Waals surface area contributed by atoms with E-state index in [1.807, 2.05) is 30.0 Å². The van der Waals surface area contributed by atoms with Crippen LogP contribution in [0.25, 0.3) is 0 Å². The van der Waals surface area contributed by atoms with Crippen LogP contribution in [0.5, 0.6) is 5.75 Å². The average Bonchev–Trinajstić information content (AvgIpc) is 3.39. The van der Waals surface area contributed by atoms with E-state index in [0.29, 0.717) is 43.4 Å². The highest BCUT2D eigenvalue weighted by Crippen LogP contribution is 2.27. The third-order valence-corrected chi connectivity index (χ3v) is 4.67. The van der Waals surface area contributed by atoms with Crippen LogP contribution in [0.1, 0.15) is 31.2 Å². The van der Waals surface area contributed by atoms with Crippen molar-refractivity contribution in [3.8, 4) is 5.75 Å². The van der Waals surface area contributed by atoms with Gasteiger partial charge in [0.1, 0.15) is 5.75 Å². The van der Waals surface area contributed by atoms with Crippen LogP contribution in [0.2, 0.25) is 0 Å². The number of carbonyl (C=O) groups excluding carboxylic acids is 2. The summed E-state index contributed by atoms with van der Waals surface area (Å²) in [7, 11) is 1.59. The molecule has 3 rings (SSSR count).